The fourth-order valence-corrected chi connectivity index (χ4v) is 4.40. The van der Waals surface area contributed by atoms with Crippen molar-refractivity contribution in [3.8, 4) is 0 Å². The maximum absolute atomic E-state index is 11.8. The summed E-state index contributed by atoms with van der Waals surface area (Å²) in [7, 11) is 0. The molecule has 15 atom stereocenters. The SMILES string of the molecule is CC(=O)N[C@H]1[C@@H](O[C@@H]2O[C@@H](CO)[C@H](O)[C@H](O)[C@@H]2O)[C@H](O[C@@H]2O[C@H](C)[C@H](O)[C@H](O)[C@@H]2O)[C@H](CO)O[C@H]1O. The third kappa shape index (κ3) is 5.97. The Hall–Kier alpha value is -1.09. The van der Waals surface area contributed by atoms with Crippen LogP contribution in [0.5, 0.6) is 0 Å². The van der Waals surface area contributed by atoms with E-state index in [0.29, 0.717) is 0 Å². The van der Waals surface area contributed by atoms with E-state index in [2.05, 4.69) is 5.32 Å². The normalized spacial score (nSPS) is 50.0. The maximum Gasteiger partial charge on any atom is 0.217 e. The van der Waals surface area contributed by atoms with Gasteiger partial charge in [0.15, 0.2) is 18.9 Å². The lowest BCUT2D eigenvalue weighted by Gasteiger charge is -2.49. The molecule has 16 nitrogen and oxygen atoms in total. The number of amides is 1. The van der Waals surface area contributed by atoms with E-state index in [1.54, 1.807) is 0 Å². The van der Waals surface area contributed by atoms with Gasteiger partial charge in [-0.3, -0.25) is 4.79 Å². The van der Waals surface area contributed by atoms with Crippen molar-refractivity contribution in [1.29, 1.82) is 0 Å². The number of aliphatic hydroxyl groups is 9. The number of hydrogen-bond donors (Lipinski definition) is 10. The van der Waals surface area contributed by atoms with Crippen LogP contribution in [0, 0.1) is 0 Å². The minimum atomic E-state index is -1.86. The van der Waals surface area contributed by atoms with Gasteiger partial charge in [-0.15, -0.1) is 0 Å². The fourth-order valence-electron chi connectivity index (χ4n) is 4.40. The predicted molar refractivity (Wildman–Crippen MR) is 111 cm³/mol. The topological polar surface area (TPSA) is 257 Å². The summed E-state index contributed by atoms with van der Waals surface area (Å²) in [6.07, 6.45) is -22.0. The lowest BCUT2D eigenvalue weighted by Crippen LogP contribution is -2.69. The molecule has 0 bridgehead atoms. The van der Waals surface area contributed by atoms with Crippen molar-refractivity contribution in [2.24, 2.45) is 0 Å². The number of carbonyl (C=O) groups is 1. The minimum absolute atomic E-state index is 0.646. The average molecular weight is 529 g/mol. The first-order valence-corrected chi connectivity index (χ1v) is 11.4. The van der Waals surface area contributed by atoms with Gasteiger partial charge in [-0.2, -0.15) is 0 Å². The number of ether oxygens (including phenoxy) is 5. The molecular weight excluding hydrogens is 494 g/mol. The van der Waals surface area contributed by atoms with Crippen LogP contribution in [0.2, 0.25) is 0 Å². The van der Waals surface area contributed by atoms with Gasteiger partial charge in [0.1, 0.15) is 67.1 Å². The zero-order valence-electron chi connectivity index (χ0n) is 19.5. The standard InChI is InChI=1S/C20H35NO15/c1-5-10(25)12(27)14(29)19(32-5)35-16-8(4-23)33-18(31)9(21-6(2)24)17(16)36-20-15(30)13(28)11(26)7(3-22)34-20/h5,7-20,22-23,25-31H,3-4H2,1-2H3,(H,21,24)/t5-,7+,8+,9+,10+,11+,12+,13+,14+,15+,16-,17-,18-,19+,20+/m1/s1. The van der Waals surface area contributed by atoms with E-state index in [4.69, 9.17) is 23.7 Å². The highest BCUT2D eigenvalue weighted by atomic mass is 16.7. The summed E-state index contributed by atoms with van der Waals surface area (Å²) in [5, 5.41) is 93.2. The van der Waals surface area contributed by atoms with E-state index in [0.717, 1.165) is 6.92 Å². The van der Waals surface area contributed by atoms with Gasteiger partial charge in [0.2, 0.25) is 5.91 Å². The molecule has 3 rings (SSSR count). The van der Waals surface area contributed by atoms with E-state index in [9.17, 15) is 50.8 Å². The quantitative estimate of drug-likeness (QED) is 0.147. The Balaban J connectivity index is 1.92. The Bertz CT molecular complexity index is 729. The monoisotopic (exact) mass is 529 g/mol. The van der Waals surface area contributed by atoms with Crippen LogP contribution in [-0.4, -0.2) is 157 Å². The van der Waals surface area contributed by atoms with Crippen molar-refractivity contribution in [1.82, 2.24) is 5.32 Å². The van der Waals surface area contributed by atoms with Crippen molar-refractivity contribution in [2.45, 2.75) is 106 Å². The molecule has 0 saturated carbocycles. The molecule has 0 aromatic rings. The summed E-state index contributed by atoms with van der Waals surface area (Å²) in [6.45, 7) is 1.00. The number of hydrogen-bond acceptors (Lipinski definition) is 15. The summed E-state index contributed by atoms with van der Waals surface area (Å²) in [4.78, 5) is 11.8. The zero-order valence-corrected chi connectivity index (χ0v) is 19.5. The van der Waals surface area contributed by atoms with Crippen LogP contribution in [0.1, 0.15) is 13.8 Å². The van der Waals surface area contributed by atoms with E-state index in [1.807, 2.05) is 0 Å². The van der Waals surface area contributed by atoms with Crippen LogP contribution < -0.4 is 5.32 Å². The van der Waals surface area contributed by atoms with Crippen LogP contribution in [-0.2, 0) is 28.5 Å². The molecule has 0 aromatic carbocycles. The van der Waals surface area contributed by atoms with Crippen LogP contribution in [0.25, 0.3) is 0 Å². The van der Waals surface area contributed by atoms with Crippen molar-refractivity contribution < 1.29 is 74.4 Å². The molecule has 0 unspecified atom stereocenters. The summed E-state index contributed by atoms with van der Waals surface area (Å²) < 4.78 is 27.7. The molecule has 16 heteroatoms. The first kappa shape index (κ1) is 29.5. The van der Waals surface area contributed by atoms with E-state index in [1.165, 1.54) is 6.92 Å². The summed E-state index contributed by atoms with van der Waals surface area (Å²) in [6, 6.07) is -1.42. The van der Waals surface area contributed by atoms with Crippen molar-refractivity contribution in [3.05, 3.63) is 0 Å². The maximum atomic E-state index is 11.8. The fraction of sp³-hybridized carbons (Fsp3) is 0.950. The third-order valence-corrected chi connectivity index (χ3v) is 6.45. The predicted octanol–water partition coefficient (Wildman–Crippen LogP) is -6.40. The van der Waals surface area contributed by atoms with Crippen molar-refractivity contribution in [3.63, 3.8) is 0 Å². The first-order valence-electron chi connectivity index (χ1n) is 11.4. The van der Waals surface area contributed by atoms with E-state index in [-0.39, 0.29) is 0 Å². The van der Waals surface area contributed by atoms with Gasteiger partial charge in [0.05, 0.1) is 19.3 Å². The Kier molecular flexibility index (Phi) is 9.97. The average Bonchev–Trinajstić information content (AvgIpc) is 2.84. The Morgan fingerprint density at radius 3 is 1.81 bits per heavy atom. The van der Waals surface area contributed by atoms with Crippen LogP contribution in [0.15, 0.2) is 0 Å². The Morgan fingerprint density at radius 1 is 0.722 bits per heavy atom. The van der Waals surface area contributed by atoms with Crippen molar-refractivity contribution in [2.75, 3.05) is 13.2 Å². The van der Waals surface area contributed by atoms with E-state index >= 15 is 0 Å². The lowest BCUT2D eigenvalue weighted by molar-refractivity contribution is -0.370. The van der Waals surface area contributed by atoms with Crippen LogP contribution in [0.3, 0.4) is 0 Å². The van der Waals surface area contributed by atoms with Gasteiger partial charge in [-0.05, 0) is 6.92 Å². The molecule has 0 spiro atoms. The molecule has 10 N–H and O–H groups in total. The largest absolute Gasteiger partial charge is 0.394 e. The highest BCUT2D eigenvalue weighted by Crippen LogP contribution is 2.32. The zero-order chi connectivity index (χ0) is 26.9. The molecule has 3 fully saturated rings. The molecule has 0 aliphatic carbocycles. The molecule has 0 aromatic heterocycles. The molecule has 0 radical (unpaired) electrons. The van der Waals surface area contributed by atoms with Gasteiger partial charge < -0.3 is 75.0 Å². The molecule has 36 heavy (non-hydrogen) atoms. The van der Waals surface area contributed by atoms with E-state index < -0.39 is 111 Å². The number of aliphatic hydroxyl groups excluding tert-OH is 9. The molecule has 3 aliphatic heterocycles. The van der Waals surface area contributed by atoms with Crippen molar-refractivity contribution >= 4 is 5.91 Å². The second kappa shape index (κ2) is 12.2. The highest BCUT2D eigenvalue weighted by Gasteiger charge is 2.54. The summed E-state index contributed by atoms with van der Waals surface area (Å²) in [5.74, 6) is -0.646. The number of nitrogens with one attached hydrogen (secondary N) is 1. The molecule has 210 valence electrons. The Morgan fingerprint density at radius 2 is 1.25 bits per heavy atom. The number of carbonyl (C=O) groups excluding carboxylic acids is 1. The minimum Gasteiger partial charge on any atom is -0.394 e. The van der Waals surface area contributed by atoms with Crippen LogP contribution in [0.4, 0.5) is 0 Å². The molecular formula is C20H35NO15. The van der Waals surface area contributed by atoms with Gasteiger partial charge >= 0.3 is 0 Å². The van der Waals surface area contributed by atoms with Gasteiger partial charge in [-0.25, -0.2) is 0 Å². The summed E-state index contributed by atoms with van der Waals surface area (Å²) >= 11 is 0. The highest BCUT2D eigenvalue weighted by molar-refractivity contribution is 5.73. The molecule has 3 aliphatic rings. The second-order valence-corrected chi connectivity index (χ2v) is 9.05. The summed E-state index contributed by atoms with van der Waals surface area (Å²) in [5.41, 5.74) is 0. The molecule has 1 amide bonds. The Labute approximate surface area is 205 Å². The van der Waals surface area contributed by atoms with Crippen LogP contribution >= 0.6 is 0 Å². The lowest BCUT2D eigenvalue weighted by atomic mass is 9.94. The molecule has 3 heterocycles. The van der Waals surface area contributed by atoms with Gasteiger partial charge in [-0.1, -0.05) is 0 Å². The second-order valence-electron chi connectivity index (χ2n) is 9.05. The smallest absolute Gasteiger partial charge is 0.217 e. The third-order valence-electron chi connectivity index (χ3n) is 6.45. The molecule has 3 saturated heterocycles. The first-order chi connectivity index (χ1) is 16.9. The number of rotatable bonds is 7. The van der Waals surface area contributed by atoms with Gasteiger partial charge in [0.25, 0.3) is 0 Å². The van der Waals surface area contributed by atoms with Gasteiger partial charge in [0, 0.05) is 6.92 Å².